The molecule has 92 valence electrons. The van der Waals surface area contributed by atoms with Crippen molar-refractivity contribution in [3.8, 4) is 5.75 Å². The summed E-state index contributed by atoms with van der Waals surface area (Å²) in [5.41, 5.74) is 0. The van der Waals surface area contributed by atoms with Gasteiger partial charge in [0.05, 0.1) is 6.54 Å². The summed E-state index contributed by atoms with van der Waals surface area (Å²) in [6.45, 7) is -0.259. The van der Waals surface area contributed by atoms with E-state index >= 15 is 0 Å². The molecule has 1 amide bonds. The number of fused-ring (bicyclic) bond motifs is 1. The average molecular weight is 264 g/mol. The second-order valence-corrected chi connectivity index (χ2v) is 4.00. The van der Waals surface area contributed by atoms with Crippen molar-refractivity contribution in [1.29, 1.82) is 0 Å². The largest absolute Gasteiger partial charge is 0.413 e. The van der Waals surface area contributed by atoms with E-state index in [1.165, 1.54) is 0 Å². The molecule has 0 heterocycles. The van der Waals surface area contributed by atoms with E-state index in [2.05, 4.69) is 5.32 Å². The van der Waals surface area contributed by atoms with Gasteiger partial charge in [0.25, 0.3) is 0 Å². The van der Waals surface area contributed by atoms with Gasteiger partial charge in [0.1, 0.15) is 5.75 Å². The van der Waals surface area contributed by atoms with Gasteiger partial charge in [-0.25, -0.2) is 4.79 Å². The summed E-state index contributed by atoms with van der Waals surface area (Å²) in [7, 11) is 0. The molecule has 0 saturated carbocycles. The highest BCUT2D eigenvalue weighted by molar-refractivity contribution is 6.64. The fraction of sp³-hybridized carbons (Fsp3) is 0.0769. The van der Waals surface area contributed by atoms with Crippen LogP contribution in [0.2, 0.25) is 0 Å². The van der Waals surface area contributed by atoms with Gasteiger partial charge < -0.3 is 10.1 Å². The Morgan fingerprint density at radius 3 is 2.61 bits per heavy atom. The summed E-state index contributed by atoms with van der Waals surface area (Å²) in [6, 6.07) is 12.9. The quantitative estimate of drug-likeness (QED) is 0.866. The zero-order valence-electron chi connectivity index (χ0n) is 9.35. The first-order chi connectivity index (χ1) is 8.66. The Balaban J connectivity index is 2.16. The van der Waals surface area contributed by atoms with Crippen LogP contribution in [0.1, 0.15) is 0 Å². The molecule has 0 spiro atoms. The average Bonchev–Trinajstić information content (AvgIpc) is 2.37. The van der Waals surface area contributed by atoms with E-state index in [-0.39, 0.29) is 6.54 Å². The number of amides is 1. The summed E-state index contributed by atoms with van der Waals surface area (Å²) >= 11 is 5.11. The molecule has 4 nitrogen and oxygen atoms in total. The molecule has 1 N–H and O–H groups in total. The molecular formula is C13H10ClNO3. The van der Waals surface area contributed by atoms with Gasteiger partial charge in [-0.1, -0.05) is 36.4 Å². The van der Waals surface area contributed by atoms with Crippen molar-refractivity contribution in [3.63, 3.8) is 0 Å². The Morgan fingerprint density at radius 1 is 1.11 bits per heavy atom. The van der Waals surface area contributed by atoms with Crippen molar-refractivity contribution in [2.75, 3.05) is 6.54 Å². The molecule has 0 radical (unpaired) electrons. The minimum Gasteiger partial charge on any atom is -0.410 e. The highest BCUT2D eigenvalue weighted by atomic mass is 35.5. The molecule has 0 aliphatic heterocycles. The van der Waals surface area contributed by atoms with Crippen LogP contribution in [0.25, 0.3) is 10.8 Å². The first kappa shape index (κ1) is 12.4. The van der Waals surface area contributed by atoms with Gasteiger partial charge in [-0.05, 0) is 23.1 Å². The van der Waals surface area contributed by atoms with Crippen molar-refractivity contribution >= 4 is 33.7 Å². The Morgan fingerprint density at radius 2 is 1.83 bits per heavy atom. The summed E-state index contributed by atoms with van der Waals surface area (Å²) < 4.78 is 5.12. The van der Waals surface area contributed by atoms with Crippen molar-refractivity contribution in [1.82, 2.24) is 5.32 Å². The number of hydrogen-bond donors (Lipinski definition) is 1. The van der Waals surface area contributed by atoms with Gasteiger partial charge >= 0.3 is 6.09 Å². The maximum Gasteiger partial charge on any atom is 0.413 e. The van der Waals surface area contributed by atoms with Crippen LogP contribution in [0.5, 0.6) is 5.75 Å². The monoisotopic (exact) mass is 263 g/mol. The third-order valence-electron chi connectivity index (χ3n) is 2.32. The van der Waals surface area contributed by atoms with E-state index < -0.39 is 11.3 Å². The standard InChI is InChI=1S/C13H10ClNO3/c14-12(16)8-15-13(17)18-11-7-3-5-9-4-1-2-6-10(9)11/h1-7H,8H2,(H,15,17). The maximum absolute atomic E-state index is 11.4. The highest BCUT2D eigenvalue weighted by Gasteiger charge is 2.08. The number of carbonyl (C=O) groups is 2. The van der Waals surface area contributed by atoms with Gasteiger partial charge in [0.15, 0.2) is 0 Å². The van der Waals surface area contributed by atoms with Gasteiger partial charge in [-0.15, -0.1) is 0 Å². The number of ether oxygens (including phenoxy) is 1. The van der Waals surface area contributed by atoms with Crippen LogP contribution < -0.4 is 10.1 Å². The van der Waals surface area contributed by atoms with Crippen LogP contribution in [-0.2, 0) is 4.79 Å². The molecule has 0 aromatic heterocycles. The lowest BCUT2D eigenvalue weighted by Crippen LogP contribution is -2.30. The minimum atomic E-state index is -0.708. The fourth-order valence-corrected chi connectivity index (χ4v) is 1.63. The van der Waals surface area contributed by atoms with Gasteiger partial charge in [-0.3, -0.25) is 4.79 Å². The third-order valence-corrected chi connectivity index (χ3v) is 2.46. The van der Waals surface area contributed by atoms with Gasteiger partial charge in [0.2, 0.25) is 5.24 Å². The number of rotatable bonds is 3. The second kappa shape index (κ2) is 5.51. The van der Waals surface area contributed by atoms with E-state index in [9.17, 15) is 9.59 Å². The van der Waals surface area contributed by atoms with E-state index in [1.54, 1.807) is 12.1 Å². The lowest BCUT2D eigenvalue weighted by Gasteiger charge is -2.07. The minimum absolute atomic E-state index is 0.259. The van der Waals surface area contributed by atoms with Crippen molar-refractivity contribution in [2.45, 2.75) is 0 Å². The summed E-state index contributed by atoms with van der Waals surface area (Å²) in [6.07, 6.45) is -0.708. The number of nitrogens with one attached hydrogen (secondary N) is 1. The molecule has 2 rings (SSSR count). The van der Waals surface area contributed by atoms with E-state index in [4.69, 9.17) is 16.3 Å². The molecule has 0 fully saturated rings. The summed E-state index contributed by atoms with van der Waals surface area (Å²) in [5, 5.41) is 3.40. The van der Waals surface area contributed by atoms with Crippen LogP contribution >= 0.6 is 11.6 Å². The lowest BCUT2D eigenvalue weighted by molar-refractivity contribution is -0.110. The van der Waals surface area contributed by atoms with Crippen LogP contribution in [-0.4, -0.2) is 17.9 Å². The maximum atomic E-state index is 11.4. The molecule has 0 unspecified atom stereocenters. The van der Waals surface area contributed by atoms with Crippen LogP contribution in [0.4, 0.5) is 4.79 Å². The molecule has 0 bridgehead atoms. The van der Waals surface area contributed by atoms with E-state index in [1.807, 2.05) is 30.3 Å². The molecular weight excluding hydrogens is 254 g/mol. The lowest BCUT2D eigenvalue weighted by atomic mass is 10.1. The molecule has 2 aromatic rings. The predicted molar refractivity (Wildman–Crippen MR) is 68.8 cm³/mol. The van der Waals surface area contributed by atoms with E-state index in [0.717, 1.165) is 10.8 Å². The third kappa shape index (κ3) is 2.99. The predicted octanol–water partition coefficient (Wildman–Crippen LogP) is 2.69. The van der Waals surface area contributed by atoms with Crippen LogP contribution in [0.15, 0.2) is 42.5 Å². The Hall–Kier alpha value is -2.07. The topological polar surface area (TPSA) is 55.4 Å². The van der Waals surface area contributed by atoms with Gasteiger partial charge in [0, 0.05) is 5.39 Å². The molecule has 0 saturated heterocycles. The Labute approximate surface area is 108 Å². The first-order valence-corrected chi connectivity index (χ1v) is 5.66. The van der Waals surface area contributed by atoms with Crippen molar-refractivity contribution < 1.29 is 14.3 Å². The van der Waals surface area contributed by atoms with E-state index in [0.29, 0.717) is 5.75 Å². The smallest absolute Gasteiger partial charge is 0.410 e. The fourth-order valence-electron chi connectivity index (χ4n) is 1.56. The Bertz CT molecular complexity index is 592. The summed E-state index contributed by atoms with van der Waals surface area (Å²) in [4.78, 5) is 21.9. The van der Waals surface area contributed by atoms with Gasteiger partial charge in [-0.2, -0.15) is 0 Å². The zero-order chi connectivity index (χ0) is 13.0. The normalized spacial score (nSPS) is 10.1. The molecule has 0 aliphatic carbocycles. The molecule has 5 heteroatoms. The highest BCUT2D eigenvalue weighted by Crippen LogP contribution is 2.25. The number of carbonyl (C=O) groups excluding carboxylic acids is 2. The number of halogens is 1. The molecule has 18 heavy (non-hydrogen) atoms. The van der Waals surface area contributed by atoms with Crippen LogP contribution in [0, 0.1) is 0 Å². The van der Waals surface area contributed by atoms with Crippen molar-refractivity contribution in [2.24, 2.45) is 0 Å². The summed E-state index contributed by atoms with van der Waals surface area (Å²) in [5.74, 6) is 0.438. The molecule has 0 atom stereocenters. The van der Waals surface area contributed by atoms with Crippen molar-refractivity contribution in [3.05, 3.63) is 42.5 Å². The molecule has 0 aliphatic rings. The SMILES string of the molecule is O=C(Cl)CNC(=O)Oc1cccc2ccccc12. The first-order valence-electron chi connectivity index (χ1n) is 5.28. The second-order valence-electron chi connectivity index (χ2n) is 3.58. The Kier molecular flexibility index (Phi) is 3.79. The molecule has 2 aromatic carbocycles. The van der Waals surface area contributed by atoms with Crippen LogP contribution in [0.3, 0.4) is 0 Å². The zero-order valence-corrected chi connectivity index (χ0v) is 10.1. The number of hydrogen-bond acceptors (Lipinski definition) is 3. The number of benzene rings is 2.